The van der Waals surface area contributed by atoms with E-state index in [0.29, 0.717) is 18.4 Å². The maximum Gasteiger partial charge on any atom is 0.260 e. The van der Waals surface area contributed by atoms with Crippen LogP contribution in [0.4, 0.5) is 0 Å². The third-order valence-corrected chi connectivity index (χ3v) is 10.5. The second-order valence-corrected chi connectivity index (χ2v) is 12.9. The van der Waals surface area contributed by atoms with Crippen LogP contribution in [-0.2, 0) is 25.5 Å². The first-order valence-corrected chi connectivity index (χ1v) is 15.3. The summed E-state index contributed by atoms with van der Waals surface area (Å²) in [5.41, 5.74) is 0.642. The number of rotatable bonds is 3. The number of ketones is 1. The van der Waals surface area contributed by atoms with Gasteiger partial charge in [-0.2, -0.15) is 0 Å². The average molecular weight is 568 g/mol. The second-order valence-electron chi connectivity index (χ2n) is 12.9. The highest BCUT2D eigenvalue weighted by molar-refractivity contribution is 6.17. The fourth-order valence-corrected chi connectivity index (χ4v) is 8.25. The summed E-state index contributed by atoms with van der Waals surface area (Å²) in [7, 11) is 0. The molecule has 8 atom stereocenters. The van der Waals surface area contributed by atoms with Gasteiger partial charge in [0.2, 0.25) is 5.91 Å². The number of fused-ring (bicyclic) bond motifs is 1. The van der Waals surface area contributed by atoms with Crippen molar-refractivity contribution in [2.45, 2.75) is 71.1 Å². The third-order valence-electron chi connectivity index (χ3n) is 10.5. The van der Waals surface area contributed by atoms with Crippen LogP contribution in [0.15, 0.2) is 84.5 Å². The third kappa shape index (κ3) is 4.51. The van der Waals surface area contributed by atoms with Gasteiger partial charge in [-0.3, -0.25) is 19.3 Å². The topological polar surface area (TPSA) is 72.9 Å². The van der Waals surface area contributed by atoms with Gasteiger partial charge >= 0.3 is 0 Å². The standard InChI is InChI=1S/C36H41NO5/c1-23-12-11-17-28-20-24(2)25(3)31-29(21-26-13-7-5-8-14-26)37(33(39)27-15-9-6-10-16-27)34(40)36(28,31)30(38)18-19-35(4)32(23)41-22-42-35/h5-11,13-17,20,23,25,28-29,31-32H,12,18-19,21-22H2,1-4H3/b17-11+/t23?,25-,28+,29+,31+,32+,35-,36-/m1/s1. The zero-order chi connectivity index (χ0) is 29.6. The number of carbonyl (C=O) groups excluding carboxylic acids is 3. The summed E-state index contributed by atoms with van der Waals surface area (Å²) in [5, 5.41) is 0. The Morgan fingerprint density at radius 1 is 1.02 bits per heavy atom. The predicted molar refractivity (Wildman–Crippen MR) is 160 cm³/mol. The van der Waals surface area contributed by atoms with Crippen molar-refractivity contribution in [3.8, 4) is 0 Å². The van der Waals surface area contributed by atoms with Crippen LogP contribution in [-0.4, -0.2) is 47.0 Å². The monoisotopic (exact) mass is 567 g/mol. The molecule has 2 fully saturated rings. The van der Waals surface area contributed by atoms with Crippen molar-refractivity contribution < 1.29 is 23.9 Å². The Labute approximate surface area is 248 Å². The smallest absolute Gasteiger partial charge is 0.260 e. The highest BCUT2D eigenvalue weighted by atomic mass is 16.7. The van der Waals surface area contributed by atoms with E-state index in [1.54, 1.807) is 12.1 Å². The number of hydrogen-bond acceptors (Lipinski definition) is 5. The van der Waals surface area contributed by atoms with Gasteiger partial charge in [-0.1, -0.05) is 86.2 Å². The zero-order valence-corrected chi connectivity index (χ0v) is 25.0. The van der Waals surface area contributed by atoms with Crippen molar-refractivity contribution in [3.63, 3.8) is 0 Å². The summed E-state index contributed by atoms with van der Waals surface area (Å²) in [5.74, 6) is -1.50. The number of likely N-dealkylation sites (tertiary alicyclic amines) is 1. The quantitative estimate of drug-likeness (QED) is 0.252. The average Bonchev–Trinajstić information content (AvgIpc) is 3.50. The first-order chi connectivity index (χ1) is 20.2. The summed E-state index contributed by atoms with van der Waals surface area (Å²) >= 11 is 0. The van der Waals surface area contributed by atoms with E-state index in [1.165, 1.54) is 4.90 Å². The van der Waals surface area contributed by atoms with E-state index in [0.717, 1.165) is 17.6 Å². The molecule has 6 rings (SSSR count). The molecule has 0 aromatic heterocycles. The minimum Gasteiger partial charge on any atom is -0.349 e. The van der Waals surface area contributed by atoms with Crippen LogP contribution in [0, 0.1) is 29.1 Å². The van der Waals surface area contributed by atoms with Crippen molar-refractivity contribution in [1.82, 2.24) is 4.90 Å². The lowest BCUT2D eigenvalue weighted by atomic mass is 9.54. The maximum absolute atomic E-state index is 15.1. The van der Waals surface area contributed by atoms with Gasteiger partial charge in [-0.05, 0) is 62.6 Å². The second kappa shape index (κ2) is 11.1. The van der Waals surface area contributed by atoms with Gasteiger partial charge in [-0.15, -0.1) is 0 Å². The van der Waals surface area contributed by atoms with Gasteiger partial charge in [0.25, 0.3) is 5.91 Å². The van der Waals surface area contributed by atoms with Crippen molar-refractivity contribution in [1.29, 1.82) is 0 Å². The lowest BCUT2D eigenvalue weighted by Gasteiger charge is -2.45. The van der Waals surface area contributed by atoms with E-state index in [-0.39, 0.29) is 54.7 Å². The SMILES string of the molecule is CC1=C[C@@H]2/C=C/CC(C)[C@@H]3OCO[C@]3(C)CCC(=O)[C@]23C(=O)N(C(=O)c2ccccc2)[C@@H](Cc2ccccc2)[C@@H]3[C@@H]1C. The first-order valence-electron chi connectivity index (χ1n) is 15.3. The molecule has 2 amide bonds. The van der Waals surface area contributed by atoms with Gasteiger partial charge in [0, 0.05) is 29.9 Å². The molecule has 220 valence electrons. The molecule has 2 aromatic rings. The normalized spacial score (nSPS) is 37.2. The van der Waals surface area contributed by atoms with Crippen molar-refractivity contribution in [2.75, 3.05) is 6.79 Å². The molecule has 6 heteroatoms. The van der Waals surface area contributed by atoms with Gasteiger partial charge in [-0.25, -0.2) is 0 Å². The number of carbonyl (C=O) groups is 3. The minimum absolute atomic E-state index is 0.0664. The Kier molecular flexibility index (Phi) is 7.57. The molecular weight excluding hydrogens is 526 g/mol. The predicted octanol–water partition coefficient (Wildman–Crippen LogP) is 6.17. The molecule has 2 heterocycles. The van der Waals surface area contributed by atoms with E-state index in [1.807, 2.05) is 55.5 Å². The Morgan fingerprint density at radius 3 is 2.43 bits per heavy atom. The molecule has 2 aliphatic carbocycles. The summed E-state index contributed by atoms with van der Waals surface area (Å²) < 4.78 is 12.1. The maximum atomic E-state index is 15.1. The molecule has 2 aromatic carbocycles. The first kappa shape index (κ1) is 28.8. The van der Waals surface area contributed by atoms with Crippen LogP contribution in [0.1, 0.15) is 62.9 Å². The van der Waals surface area contributed by atoms with Crippen LogP contribution in [0.5, 0.6) is 0 Å². The molecule has 42 heavy (non-hydrogen) atoms. The summed E-state index contributed by atoms with van der Waals surface area (Å²) in [4.78, 5) is 45.6. The van der Waals surface area contributed by atoms with Crippen LogP contribution in [0.3, 0.4) is 0 Å². The highest BCUT2D eigenvalue weighted by Gasteiger charge is 2.69. The summed E-state index contributed by atoms with van der Waals surface area (Å²) in [6.45, 7) is 8.60. The number of allylic oxidation sites excluding steroid dienone is 4. The molecule has 0 bridgehead atoms. The number of benzene rings is 2. The molecule has 6 nitrogen and oxygen atoms in total. The van der Waals surface area contributed by atoms with Crippen LogP contribution in [0.25, 0.3) is 0 Å². The van der Waals surface area contributed by atoms with Gasteiger partial charge in [0.15, 0.2) is 0 Å². The van der Waals surface area contributed by atoms with E-state index in [9.17, 15) is 9.59 Å². The molecule has 1 unspecified atom stereocenters. The fourth-order valence-electron chi connectivity index (χ4n) is 8.25. The van der Waals surface area contributed by atoms with Gasteiger partial charge in [0.05, 0.1) is 11.7 Å². The van der Waals surface area contributed by atoms with Crippen LogP contribution in [0.2, 0.25) is 0 Å². The van der Waals surface area contributed by atoms with E-state index in [2.05, 4.69) is 39.0 Å². The Bertz CT molecular complexity index is 1420. The number of imide groups is 1. The Morgan fingerprint density at radius 2 is 1.71 bits per heavy atom. The lowest BCUT2D eigenvalue weighted by Crippen LogP contribution is -2.53. The van der Waals surface area contributed by atoms with Crippen molar-refractivity contribution in [3.05, 3.63) is 95.6 Å². The summed E-state index contributed by atoms with van der Waals surface area (Å²) in [6, 6.07) is 18.5. The molecule has 0 N–H and O–H groups in total. The van der Waals surface area contributed by atoms with Gasteiger partial charge < -0.3 is 9.47 Å². The van der Waals surface area contributed by atoms with Crippen molar-refractivity contribution >= 4 is 17.6 Å². The van der Waals surface area contributed by atoms with Gasteiger partial charge in [0.1, 0.15) is 18.0 Å². The highest BCUT2D eigenvalue weighted by Crippen LogP contribution is 2.58. The molecular formula is C36H41NO5. The van der Waals surface area contributed by atoms with E-state index >= 15 is 4.79 Å². The van der Waals surface area contributed by atoms with Crippen LogP contribution < -0.4 is 0 Å². The number of ether oxygens (including phenoxy) is 2. The molecule has 2 aliphatic heterocycles. The Balaban J connectivity index is 1.52. The molecule has 4 aliphatic rings. The fraction of sp³-hybridized carbons (Fsp3) is 0.472. The van der Waals surface area contributed by atoms with Crippen LogP contribution >= 0.6 is 0 Å². The largest absolute Gasteiger partial charge is 0.349 e. The minimum atomic E-state index is -1.38. The number of amides is 2. The zero-order valence-electron chi connectivity index (χ0n) is 25.0. The molecule has 0 saturated carbocycles. The number of Topliss-reactive ketones (excluding diaryl/α,β-unsaturated/α-hetero) is 1. The lowest BCUT2D eigenvalue weighted by molar-refractivity contribution is -0.148. The van der Waals surface area contributed by atoms with E-state index in [4.69, 9.17) is 9.47 Å². The van der Waals surface area contributed by atoms with E-state index < -0.39 is 23.0 Å². The number of nitrogens with zero attached hydrogens (tertiary/aromatic N) is 1. The number of hydrogen-bond donors (Lipinski definition) is 0. The summed E-state index contributed by atoms with van der Waals surface area (Å²) in [6.07, 6.45) is 8.02. The Hall–Kier alpha value is -3.35. The molecule has 0 radical (unpaired) electrons. The van der Waals surface area contributed by atoms with Crippen molar-refractivity contribution in [2.24, 2.45) is 29.1 Å². The molecule has 2 saturated heterocycles. The molecule has 1 spiro atoms.